The highest BCUT2D eigenvalue weighted by molar-refractivity contribution is 5.88. The zero-order chi connectivity index (χ0) is 11.5. The highest BCUT2D eigenvalue weighted by Gasteiger charge is 2.40. The summed E-state index contributed by atoms with van der Waals surface area (Å²) in [5.74, 6) is -0.126. The molecule has 2 fully saturated rings. The molecule has 4 heteroatoms. The van der Waals surface area contributed by atoms with Crippen molar-refractivity contribution in [2.45, 2.75) is 57.0 Å². The molecule has 4 nitrogen and oxygen atoms in total. The van der Waals surface area contributed by atoms with Crippen molar-refractivity contribution >= 4 is 11.9 Å². The standard InChI is InChI=1S/C12H19NO3/c1-16-12(15)10-7-8-11(14)13(10)9-5-3-2-4-6-9/h9-10H,2-8H2,1H3. The minimum atomic E-state index is -0.319. The molecule has 1 saturated heterocycles. The lowest BCUT2D eigenvalue weighted by Crippen LogP contribution is -2.46. The van der Waals surface area contributed by atoms with E-state index in [2.05, 4.69) is 0 Å². The zero-order valence-electron chi connectivity index (χ0n) is 9.78. The molecule has 1 amide bonds. The van der Waals surface area contributed by atoms with Crippen molar-refractivity contribution < 1.29 is 14.3 Å². The van der Waals surface area contributed by atoms with Crippen molar-refractivity contribution in [2.24, 2.45) is 0 Å². The summed E-state index contributed by atoms with van der Waals surface area (Å²) < 4.78 is 4.77. The second-order valence-electron chi connectivity index (χ2n) is 4.67. The Morgan fingerprint density at radius 3 is 2.56 bits per heavy atom. The van der Waals surface area contributed by atoms with Gasteiger partial charge >= 0.3 is 5.97 Å². The lowest BCUT2D eigenvalue weighted by molar-refractivity contribution is -0.151. The number of nitrogens with zero attached hydrogens (tertiary/aromatic N) is 1. The summed E-state index contributed by atoms with van der Waals surface area (Å²) in [6, 6.07) is -0.0477. The molecule has 0 N–H and O–H groups in total. The van der Waals surface area contributed by atoms with Gasteiger partial charge in [-0.3, -0.25) is 4.79 Å². The lowest BCUT2D eigenvalue weighted by atomic mass is 9.93. The Kier molecular flexibility index (Phi) is 3.46. The van der Waals surface area contributed by atoms with E-state index >= 15 is 0 Å². The van der Waals surface area contributed by atoms with Crippen molar-refractivity contribution in [3.63, 3.8) is 0 Å². The van der Waals surface area contributed by atoms with Gasteiger partial charge in [-0.15, -0.1) is 0 Å². The SMILES string of the molecule is COC(=O)C1CCC(=O)N1C1CCCCC1. The summed E-state index contributed by atoms with van der Waals surface area (Å²) >= 11 is 0. The largest absolute Gasteiger partial charge is 0.467 e. The molecule has 0 radical (unpaired) electrons. The maximum Gasteiger partial charge on any atom is 0.328 e. The fourth-order valence-electron chi connectivity index (χ4n) is 2.89. The molecule has 1 unspecified atom stereocenters. The second-order valence-corrected chi connectivity index (χ2v) is 4.67. The Morgan fingerprint density at radius 2 is 1.94 bits per heavy atom. The Hall–Kier alpha value is -1.06. The van der Waals surface area contributed by atoms with Gasteiger partial charge in [-0.25, -0.2) is 4.79 Å². The van der Waals surface area contributed by atoms with Crippen LogP contribution in [0.25, 0.3) is 0 Å². The van der Waals surface area contributed by atoms with Gasteiger partial charge in [-0.1, -0.05) is 19.3 Å². The number of esters is 1. The third-order valence-electron chi connectivity index (χ3n) is 3.70. The van der Waals surface area contributed by atoms with Crippen LogP contribution in [-0.2, 0) is 14.3 Å². The van der Waals surface area contributed by atoms with Gasteiger partial charge < -0.3 is 9.64 Å². The molecule has 2 rings (SSSR count). The number of rotatable bonds is 2. The van der Waals surface area contributed by atoms with Crippen LogP contribution < -0.4 is 0 Å². The van der Waals surface area contributed by atoms with Crippen molar-refractivity contribution in [1.29, 1.82) is 0 Å². The molecule has 1 aliphatic heterocycles. The molecule has 1 aliphatic carbocycles. The first-order chi connectivity index (χ1) is 7.74. The van der Waals surface area contributed by atoms with Crippen LogP contribution >= 0.6 is 0 Å². The topological polar surface area (TPSA) is 46.6 Å². The third-order valence-corrected chi connectivity index (χ3v) is 3.70. The molecule has 0 aromatic rings. The predicted octanol–water partition coefficient (Wildman–Crippen LogP) is 1.48. The first-order valence-corrected chi connectivity index (χ1v) is 6.13. The molecule has 16 heavy (non-hydrogen) atoms. The predicted molar refractivity (Wildman–Crippen MR) is 58.8 cm³/mol. The first kappa shape index (κ1) is 11.4. The van der Waals surface area contributed by atoms with Crippen LogP contribution in [0.2, 0.25) is 0 Å². The lowest BCUT2D eigenvalue weighted by Gasteiger charge is -2.34. The highest BCUT2D eigenvalue weighted by Crippen LogP contribution is 2.30. The Bertz CT molecular complexity index is 284. The van der Waals surface area contributed by atoms with Gasteiger partial charge in [0.2, 0.25) is 5.91 Å². The van der Waals surface area contributed by atoms with Crippen molar-refractivity contribution in [3.05, 3.63) is 0 Å². The van der Waals surface area contributed by atoms with Gasteiger partial charge in [-0.05, 0) is 19.3 Å². The Morgan fingerprint density at radius 1 is 1.25 bits per heavy atom. The van der Waals surface area contributed by atoms with E-state index < -0.39 is 0 Å². The second kappa shape index (κ2) is 4.85. The summed E-state index contributed by atoms with van der Waals surface area (Å²) in [5.41, 5.74) is 0. The number of ether oxygens (including phenoxy) is 1. The van der Waals surface area contributed by atoms with Gasteiger partial charge in [0.25, 0.3) is 0 Å². The van der Waals surface area contributed by atoms with Crippen molar-refractivity contribution in [3.8, 4) is 0 Å². The average Bonchev–Trinajstić information content (AvgIpc) is 2.71. The summed E-state index contributed by atoms with van der Waals surface area (Å²) in [7, 11) is 1.39. The fourth-order valence-corrected chi connectivity index (χ4v) is 2.89. The molecule has 0 bridgehead atoms. The number of hydrogen-bond donors (Lipinski definition) is 0. The summed E-state index contributed by atoms with van der Waals surface area (Å²) in [6.45, 7) is 0. The molecular formula is C12H19NO3. The van der Waals surface area contributed by atoms with E-state index in [1.165, 1.54) is 26.4 Å². The molecule has 90 valence electrons. The Balaban J connectivity index is 2.08. The average molecular weight is 225 g/mol. The van der Waals surface area contributed by atoms with Crippen LogP contribution in [0.15, 0.2) is 0 Å². The van der Waals surface area contributed by atoms with Crippen LogP contribution in [-0.4, -0.2) is 36.0 Å². The van der Waals surface area contributed by atoms with Crippen LogP contribution in [0.5, 0.6) is 0 Å². The zero-order valence-corrected chi connectivity index (χ0v) is 9.78. The summed E-state index contributed by atoms with van der Waals surface area (Å²) in [5, 5.41) is 0. The van der Waals surface area contributed by atoms with Crippen molar-refractivity contribution in [1.82, 2.24) is 4.90 Å². The maximum absolute atomic E-state index is 11.8. The normalized spacial score (nSPS) is 27.2. The highest BCUT2D eigenvalue weighted by atomic mass is 16.5. The molecule has 1 saturated carbocycles. The van der Waals surface area contributed by atoms with E-state index in [1.54, 1.807) is 4.90 Å². The number of methoxy groups -OCH3 is 1. The van der Waals surface area contributed by atoms with Crippen LogP contribution in [0.4, 0.5) is 0 Å². The molecule has 0 spiro atoms. The summed E-state index contributed by atoms with van der Waals surface area (Å²) in [4.78, 5) is 25.2. The van der Waals surface area contributed by atoms with Gasteiger partial charge in [0, 0.05) is 12.5 Å². The molecule has 2 aliphatic rings. The van der Waals surface area contributed by atoms with Crippen LogP contribution in [0.3, 0.4) is 0 Å². The molecule has 0 aromatic carbocycles. The van der Waals surface area contributed by atoms with Gasteiger partial charge in [0.15, 0.2) is 0 Å². The quantitative estimate of drug-likeness (QED) is 0.669. The van der Waals surface area contributed by atoms with Crippen LogP contribution in [0.1, 0.15) is 44.9 Å². The number of carbonyl (C=O) groups excluding carboxylic acids is 2. The molecular weight excluding hydrogens is 206 g/mol. The van der Waals surface area contributed by atoms with E-state index in [-0.39, 0.29) is 24.0 Å². The molecule has 1 heterocycles. The summed E-state index contributed by atoms with van der Waals surface area (Å²) in [6.07, 6.45) is 6.79. The van der Waals surface area contributed by atoms with Gasteiger partial charge in [0.05, 0.1) is 7.11 Å². The van der Waals surface area contributed by atoms with E-state index in [0.717, 1.165) is 12.8 Å². The van der Waals surface area contributed by atoms with Gasteiger partial charge in [-0.2, -0.15) is 0 Å². The number of amides is 1. The maximum atomic E-state index is 11.8. The molecule has 1 atom stereocenters. The van der Waals surface area contributed by atoms with E-state index in [0.29, 0.717) is 12.8 Å². The molecule has 0 aromatic heterocycles. The smallest absolute Gasteiger partial charge is 0.328 e. The number of likely N-dealkylation sites (tertiary alicyclic amines) is 1. The Labute approximate surface area is 95.9 Å². The number of carbonyl (C=O) groups is 2. The first-order valence-electron chi connectivity index (χ1n) is 6.13. The number of hydrogen-bond acceptors (Lipinski definition) is 3. The van der Waals surface area contributed by atoms with Crippen molar-refractivity contribution in [2.75, 3.05) is 7.11 Å². The monoisotopic (exact) mass is 225 g/mol. The third kappa shape index (κ3) is 2.06. The minimum absolute atomic E-state index is 0.127. The van der Waals surface area contributed by atoms with E-state index in [9.17, 15) is 9.59 Å². The van der Waals surface area contributed by atoms with E-state index in [1.807, 2.05) is 0 Å². The minimum Gasteiger partial charge on any atom is -0.467 e. The van der Waals surface area contributed by atoms with Crippen LogP contribution in [0, 0.1) is 0 Å². The van der Waals surface area contributed by atoms with E-state index in [4.69, 9.17) is 4.74 Å². The van der Waals surface area contributed by atoms with Gasteiger partial charge in [0.1, 0.15) is 6.04 Å². The fraction of sp³-hybridized carbons (Fsp3) is 0.833.